The molecule has 0 amide bonds. The van der Waals surface area contributed by atoms with E-state index in [1.807, 2.05) is 0 Å². The fourth-order valence-corrected chi connectivity index (χ4v) is 2.18. The van der Waals surface area contributed by atoms with E-state index < -0.39 is 11.7 Å². The zero-order valence-corrected chi connectivity index (χ0v) is 11.5. The van der Waals surface area contributed by atoms with Crippen LogP contribution in [0.25, 0.3) is 0 Å². The van der Waals surface area contributed by atoms with E-state index in [-0.39, 0.29) is 6.04 Å². The Balaban J connectivity index is 2.25. The average Bonchev–Trinajstić information content (AvgIpc) is 2.44. The van der Waals surface area contributed by atoms with Gasteiger partial charge in [-0.1, -0.05) is 12.1 Å². The minimum absolute atomic E-state index is 0.228. The first kappa shape index (κ1) is 15.3. The number of alkyl halides is 3. The summed E-state index contributed by atoms with van der Waals surface area (Å²) in [4.78, 5) is 3.90. The van der Waals surface area contributed by atoms with Gasteiger partial charge in [0.2, 0.25) is 0 Å². The Labute approximate surface area is 121 Å². The van der Waals surface area contributed by atoms with Gasteiger partial charge in [0.05, 0.1) is 5.56 Å². The highest BCUT2D eigenvalue weighted by Crippen LogP contribution is 2.31. The summed E-state index contributed by atoms with van der Waals surface area (Å²) < 4.78 is 38.3. The van der Waals surface area contributed by atoms with Gasteiger partial charge in [0.1, 0.15) is 5.82 Å². The van der Waals surface area contributed by atoms with E-state index in [1.165, 1.54) is 12.1 Å². The highest BCUT2D eigenvalue weighted by atomic mass is 19.4. The average molecular weight is 295 g/mol. The lowest BCUT2D eigenvalue weighted by Gasteiger charge is -2.18. The maximum Gasteiger partial charge on any atom is 0.416 e. The molecule has 2 rings (SSSR count). The van der Waals surface area contributed by atoms with Crippen LogP contribution >= 0.6 is 0 Å². The van der Waals surface area contributed by atoms with Crippen LogP contribution in [0.2, 0.25) is 0 Å². The summed E-state index contributed by atoms with van der Waals surface area (Å²) >= 11 is 0. The van der Waals surface area contributed by atoms with Crippen LogP contribution in [0.4, 0.5) is 19.0 Å². The van der Waals surface area contributed by atoms with Gasteiger partial charge in [-0.25, -0.2) is 4.98 Å². The van der Waals surface area contributed by atoms with Crippen molar-refractivity contribution in [2.45, 2.75) is 18.6 Å². The summed E-state index contributed by atoms with van der Waals surface area (Å²) in [5.74, 6) is 0.395. The first-order chi connectivity index (χ1) is 9.90. The molecule has 0 fully saturated rings. The number of nitrogens with one attached hydrogen (secondary N) is 1. The third kappa shape index (κ3) is 3.95. The predicted octanol–water partition coefficient (Wildman–Crippen LogP) is 3.19. The van der Waals surface area contributed by atoms with E-state index in [4.69, 9.17) is 5.73 Å². The van der Waals surface area contributed by atoms with Crippen molar-refractivity contribution >= 4 is 5.82 Å². The first-order valence-electron chi connectivity index (χ1n) is 6.45. The monoisotopic (exact) mass is 295 g/mol. The second-order valence-electron chi connectivity index (χ2n) is 4.76. The van der Waals surface area contributed by atoms with Crippen LogP contribution in [0, 0.1) is 0 Å². The standard InChI is InChI=1S/C15H16F3N3/c1-20-13(7-10-5-6-21-14(19)8-10)11-3-2-4-12(9-11)15(16,17)18/h2-6,8-9,13,20H,7H2,1H3,(H2,19,21). The quantitative estimate of drug-likeness (QED) is 0.911. The van der Waals surface area contributed by atoms with Crippen LogP contribution in [0.3, 0.4) is 0 Å². The van der Waals surface area contributed by atoms with Crippen LogP contribution in [0.1, 0.15) is 22.7 Å². The molecule has 3 nitrogen and oxygen atoms in total. The number of halogens is 3. The summed E-state index contributed by atoms with van der Waals surface area (Å²) in [6.07, 6.45) is -2.22. The lowest BCUT2D eigenvalue weighted by atomic mass is 9.98. The third-order valence-corrected chi connectivity index (χ3v) is 3.25. The molecule has 0 aliphatic rings. The molecule has 1 heterocycles. The third-order valence-electron chi connectivity index (χ3n) is 3.25. The second-order valence-corrected chi connectivity index (χ2v) is 4.76. The van der Waals surface area contributed by atoms with Crippen molar-refractivity contribution in [2.24, 2.45) is 0 Å². The first-order valence-corrected chi connectivity index (χ1v) is 6.45. The molecule has 2 aromatic rings. The number of rotatable bonds is 4. The number of benzene rings is 1. The van der Waals surface area contributed by atoms with E-state index in [0.717, 1.165) is 11.6 Å². The Hall–Kier alpha value is -2.08. The van der Waals surface area contributed by atoms with E-state index >= 15 is 0 Å². The van der Waals surface area contributed by atoms with E-state index in [0.29, 0.717) is 17.8 Å². The zero-order chi connectivity index (χ0) is 15.5. The smallest absolute Gasteiger partial charge is 0.384 e. The molecule has 6 heteroatoms. The number of hydrogen-bond acceptors (Lipinski definition) is 3. The SMILES string of the molecule is CNC(Cc1ccnc(N)c1)c1cccc(C(F)(F)F)c1. The number of aromatic nitrogens is 1. The predicted molar refractivity (Wildman–Crippen MR) is 75.6 cm³/mol. The van der Waals surface area contributed by atoms with Gasteiger partial charge >= 0.3 is 6.18 Å². The molecule has 0 aliphatic carbocycles. The molecule has 0 radical (unpaired) electrons. The largest absolute Gasteiger partial charge is 0.416 e. The molecule has 0 bridgehead atoms. The number of hydrogen-bond donors (Lipinski definition) is 2. The normalized spacial score (nSPS) is 13.1. The Bertz CT molecular complexity index is 611. The molecule has 0 spiro atoms. The van der Waals surface area contributed by atoms with Crippen molar-refractivity contribution < 1.29 is 13.2 Å². The van der Waals surface area contributed by atoms with Gasteiger partial charge < -0.3 is 11.1 Å². The topological polar surface area (TPSA) is 50.9 Å². The van der Waals surface area contributed by atoms with Crippen molar-refractivity contribution in [2.75, 3.05) is 12.8 Å². The summed E-state index contributed by atoms with van der Waals surface area (Å²) in [5, 5.41) is 3.04. The number of anilines is 1. The zero-order valence-electron chi connectivity index (χ0n) is 11.5. The fraction of sp³-hybridized carbons (Fsp3) is 0.267. The molecule has 0 saturated heterocycles. The highest BCUT2D eigenvalue weighted by Gasteiger charge is 2.30. The summed E-state index contributed by atoms with van der Waals surface area (Å²) in [5.41, 5.74) is 6.47. The lowest BCUT2D eigenvalue weighted by Crippen LogP contribution is -2.19. The molecule has 1 aromatic carbocycles. The summed E-state index contributed by atoms with van der Waals surface area (Å²) in [6, 6.07) is 8.64. The molecule has 0 aliphatic heterocycles. The van der Waals surface area contributed by atoms with Gasteiger partial charge in [-0.3, -0.25) is 0 Å². The van der Waals surface area contributed by atoms with Crippen LogP contribution < -0.4 is 11.1 Å². The van der Waals surface area contributed by atoms with Crippen LogP contribution in [-0.4, -0.2) is 12.0 Å². The van der Waals surface area contributed by atoms with Crippen molar-refractivity contribution in [3.63, 3.8) is 0 Å². The van der Waals surface area contributed by atoms with Gasteiger partial charge in [0.25, 0.3) is 0 Å². The molecular formula is C15H16F3N3. The molecule has 3 N–H and O–H groups in total. The number of pyridine rings is 1. The Kier molecular flexibility index (Phi) is 4.47. The van der Waals surface area contributed by atoms with Crippen molar-refractivity contribution in [3.05, 3.63) is 59.3 Å². The highest BCUT2D eigenvalue weighted by molar-refractivity contribution is 5.34. The van der Waals surface area contributed by atoms with Crippen molar-refractivity contribution in [1.29, 1.82) is 0 Å². The van der Waals surface area contributed by atoms with Gasteiger partial charge in [0.15, 0.2) is 0 Å². The minimum Gasteiger partial charge on any atom is -0.384 e. The van der Waals surface area contributed by atoms with Crippen LogP contribution in [0.5, 0.6) is 0 Å². The van der Waals surface area contributed by atoms with E-state index in [9.17, 15) is 13.2 Å². The molecular weight excluding hydrogens is 279 g/mol. The lowest BCUT2D eigenvalue weighted by molar-refractivity contribution is -0.137. The van der Waals surface area contributed by atoms with Crippen molar-refractivity contribution in [1.82, 2.24) is 10.3 Å². The molecule has 1 atom stereocenters. The maximum absolute atomic E-state index is 12.8. The minimum atomic E-state index is -4.34. The molecule has 21 heavy (non-hydrogen) atoms. The maximum atomic E-state index is 12.8. The Morgan fingerprint density at radius 3 is 2.62 bits per heavy atom. The Morgan fingerprint density at radius 2 is 2.00 bits per heavy atom. The van der Waals surface area contributed by atoms with Gasteiger partial charge in [0, 0.05) is 12.2 Å². The number of nitrogens with zero attached hydrogens (tertiary/aromatic N) is 1. The fourth-order valence-electron chi connectivity index (χ4n) is 2.18. The second kappa shape index (κ2) is 6.13. The molecule has 0 saturated carbocycles. The number of likely N-dealkylation sites (N-methyl/N-ethyl adjacent to an activating group) is 1. The van der Waals surface area contributed by atoms with Gasteiger partial charge in [-0.15, -0.1) is 0 Å². The Morgan fingerprint density at radius 1 is 1.24 bits per heavy atom. The molecule has 112 valence electrons. The van der Waals surface area contributed by atoms with E-state index in [1.54, 1.807) is 31.4 Å². The molecule has 1 unspecified atom stereocenters. The van der Waals surface area contributed by atoms with Crippen LogP contribution in [-0.2, 0) is 12.6 Å². The molecule has 1 aromatic heterocycles. The number of nitrogens with two attached hydrogens (primary N) is 1. The van der Waals surface area contributed by atoms with Gasteiger partial charge in [-0.05, 0) is 48.9 Å². The van der Waals surface area contributed by atoms with E-state index in [2.05, 4.69) is 10.3 Å². The number of nitrogen functional groups attached to an aromatic ring is 1. The van der Waals surface area contributed by atoms with Crippen molar-refractivity contribution in [3.8, 4) is 0 Å². The van der Waals surface area contributed by atoms with Gasteiger partial charge in [-0.2, -0.15) is 13.2 Å². The summed E-state index contributed by atoms with van der Waals surface area (Å²) in [6.45, 7) is 0. The van der Waals surface area contributed by atoms with Crippen LogP contribution in [0.15, 0.2) is 42.6 Å². The summed E-state index contributed by atoms with van der Waals surface area (Å²) in [7, 11) is 1.72.